The predicted molar refractivity (Wildman–Crippen MR) is 86.4 cm³/mol. The van der Waals surface area contributed by atoms with E-state index in [4.69, 9.17) is 0 Å². The Morgan fingerprint density at radius 3 is 2.62 bits per heavy atom. The van der Waals surface area contributed by atoms with E-state index >= 15 is 0 Å². The second-order valence-corrected chi connectivity index (χ2v) is 6.62. The molecule has 0 unspecified atom stereocenters. The molecule has 2 atom stereocenters. The number of hydrogen-bond acceptors (Lipinski definition) is 3. The number of piperazine rings is 1. The molecule has 1 heterocycles. The minimum atomic E-state index is 0. The number of likely N-dealkylation sites (N-methyl/N-ethyl adjacent to an activating group) is 1. The quantitative estimate of drug-likeness (QED) is 0.913. The van der Waals surface area contributed by atoms with Crippen LogP contribution >= 0.6 is 0 Å². The second-order valence-electron chi connectivity index (χ2n) is 6.62. The van der Waals surface area contributed by atoms with Crippen molar-refractivity contribution in [2.24, 2.45) is 0 Å². The number of nitrogens with one attached hydrogen (secondary N) is 1. The maximum atomic E-state index is 12.3. The molecule has 0 aromatic heterocycles. The standard InChI is InChI=1S/C17H25N3O.H2/c1-17(12-15(17)14-6-4-3-5-7-14)18-13-16(21)20-10-8-19(2)9-11-20;/h3-7,15,18H,8-13H2,1-2H3;1H/t15-,17-;/m1./s1. The first-order chi connectivity index (χ1) is 10.1. The first kappa shape index (κ1) is 14.5. The Bertz CT molecular complexity index is 502. The van der Waals surface area contributed by atoms with Crippen molar-refractivity contribution in [3.63, 3.8) is 0 Å². The first-order valence-electron chi connectivity index (χ1n) is 7.85. The van der Waals surface area contributed by atoms with Gasteiger partial charge < -0.3 is 15.1 Å². The lowest BCUT2D eigenvalue weighted by atomic mass is 10.1. The number of nitrogens with zero attached hydrogens (tertiary/aromatic N) is 2. The van der Waals surface area contributed by atoms with Gasteiger partial charge in [0.15, 0.2) is 0 Å². The molecule has 0 spiro atoms. The fourth-order valence-corrected chi connectivity index (χ4v) is 3.18. The summed E-state index contributed by atoms with van der Waals surface area (Å²) < 4.78 is 0. The number of amides is 1. The van der Waals surface area contributed by atoms with Crippen LogP contribution < -0.4 is 5.32 Å². The highest BCUT2D eigenvalue weighted by Crippen LogP contribution is 2.50. The van der Waals surface area contributed by atoms with E-state index in [0.717, 1.165) is 32.6 Å². The highest BCUT2D eigenvalue weighted by molar-refractivity contribution is 5.78. The summed E-state index contributed by atoms with van der Waals surface area (Å²) in [6, 6.07) is 10.6. The van der Waals surface area contributed by atoms with Crippen molar-refractivity contribution in [3.8, 4) is 0 Å². The van der Waals surface area contributed by atoms with E-state index in [1.165, 1.54) is 5.56 Å². The molecule has 1 N–H and O–H groups in total. The Hall–Kier alpha value is -1.39. The highest BCUT2D eigenvalue weighted by atomic mass is 16.2. The second kappa shape index (κ2) is 5.78. The van der Waals surface area contributed by atoms with E-state index < -0.39 is 0 Å². The van der Waals surface area contributed by atoms with E-state index in [1.807, 2.05) is 11.0 Å². The van der Waals surface area contributed by atoms with Crippen LogP contribution in [0.5, 0.6) is 0 Å². The molecule has 1 saturated heterocycles. The van der Waals surface area contributed by atoms with Crippen LogP contribution in [0.15, 0.2) is 30.3 Å². The molecule has 1 amide bonds. The minimum absolute atomic E-state index is 0. The van der Waals surface area contributed by atoms with E-state index in [2.05, 4.69) is 48.5 Å². The molecule has 4 nitrogen and oxygen atoms in total. The molecule has 1 aliphatic carbocycles. The monoisotopic (exact) mass is 289 g/mol. The zero-order valence-electron chi connectivity index (χ0n) is 13.0. The average Bonchev–Trinajstić information content (AvgIpc) is 3.19. The van der Waals surface area contributed by atoms with Crippen LogP contribution in [-0.4, -0.2) is 61.0 Å². The third kappa shape index (κ3) is 3.27. The summed E-state index contributed by atoms with van der Waals surface area (Å²) in [5.41, 5.74) is 1.46. The number of hydrogen-bond donors (Lipinski definition) is 1. The fourth-order valence-electron chi connectivity index (χ4n) is 3.18. The molecule has 0 bridgehead atoms. The van der Waals surface area contributed by atoms with Gasteiger partial charge in [-0.05, 0) is 26.0 Å². The van der Waals surface area contributed by atoms with Crippen LogP contribution in [0, 0.1) is 0 Å². The Morgan fingerprint density at radius 2 is 1.95 bits per heavy atom. The highest BCUT2D eigenvalue weighted by Gasteiger charge is 2.50. The molecule has 1 aliphatic heterocycles. The minimum Gasteiger partial charge on any atom is -0.339 e. The number of carbonyl (C=O) groups excluding carboxylic acids is 1. The molecule has 0 radical (unpaired) electrons. The number of benzene rings is 1. The van der Waals surface area contributed by atoms with E-state index in [9.17, 15) is 4.79 Å². The molecular formula is C17H27N3O. The smallest absolute Gasteiger partial charge is 0.236 e. The predicted octanol–water partition coefficient (Wildman–Crippen LogP) is 1.54. The summed E-state index contributed by atoms with van der Waals surface area (Å²) >= 11 is 0. The zero-order valence-corrected chi connectivity index (χ0v) is 13.0. The van der Waals surface area contributed by atoms with Crippen LogP contribution in [0.3, 0.4) is 0 Å². The molecule has 1 saturated carbocycles. The summed E-state index contributed by atoms with van der Waals surface area (Å²) in [6.45, 7) is 6.36. The normalized spacial score (nSPS) is 29.4. The van der Waals surface area contributed by atoms with Crippen molar-refractivity contribution >= 4 is 5.91 Å². The molecule has 2 fully saturated rings. The van der Waals surface area contributed by atoms with E-state index in [1.54, 1.807) is 0 Å². The Balaban J connectivity index is 0.00000176. The Morgan fingerprint density at radius 1 is 1.29 bits per heavy atom. The van der Waals surface area contributed by atoms with Gasteiger partial charge in [0.2, 0.25) is 5.91 Å². The maximum Gasteiger partial charge on any atom is 0.236 e. The SMILES string of the molecule is CN1CCN(C(=O)CN[C@]2(C)C[C@@H]2c2ccccc2)CC1.[HH]. The summed E-state index contributed by atoms with van der Waals surface area (Å²) in [7, 11) is 2.11. The van der Waals surface area contributed by atoms with Gasteiger partial charge in [-0.2, -0.15) is 0 Å². The van der Waals surface area contributed by atoms with Crippen LogP contribution in [0.25, 0.3) is 0 Å². The first-order valence-corrected chi connectivity index (χ1v) is 7.85. The third-order valence-electron chi connectivity index (χ3n) is 4.94. The molecule has 4 heteroatoms. The van der Waals surface area contributed by atoms with E-state index in [0.29, 0.717) is 12.5 Å². The van der Waals surface area contributed by atoms with Gasteiger partial charge in [-0.1, -0.05) is 30.3 Å². The lowest BCUT2D eigenvalue weighted by Crippen LogP contribution is -2.50. The lowest BCUT2D eigenvalue weighted by Gasteiger charge is -2.32. The summed E-state index contributed by atoms with van der Waals surface area (Å²) in [6.07, 6.45) is 1.12. The maximum absolute atomic E-state index is 12.3. The van der Waals surface area contributed by atoms with Crippen molar-refractivity contribution in [2.75, 3.05) is 39.8 Å². The number of rotatable bonds is 4. The summed E-state index contributed by atoms with van der Waals surface area (Å²) in [5.74, 6) is 0.780. The Kier molecular flexibility index (Phi) is 4.00. The number of carbonyl (C=O) groups is 1. The molecule has 1 aromatic carbocycles. The largest absolute Gasteiger partial charge is 0.339 e. The average molecular weight is 289 g/mol. The van der Waals surface area contributed by atoms with Crippen molar-refractivity contribution < 1.29 is 6.22 Å². The van der Waals surface area contributed by atoms with Gasteiger partial charge in [-0.15, -0.1) is 0 Å². The van der Waals surface area contributed by atoms with Crippen molar-refractivity contribution in [3.05, 3.63) is 35.9 Å². The van der Waals surface area contributed by atoms with Gasteiger partial charge >= 0.3 is 0 Å². The fraction of sp³-hybridized carbons (Fsp3) is 0.588. The summed E-state index contributed by atoms with van der Waals surface area (Å²) in [5, 5.41) is 3.49. The van der Waals surface area contributed by atoms with Crippen LogP contribution in [0.4, 0.5) is 0 Å². The van der Waals surface area contributed by atoms with E-state index in [-0.39, 0.29) is 12.9 Å². The topological polar surface area (TPSA) is 35.6 Å². The molecule has 21 heavy (non-hydrogen) atoms. The van der Waals surface area contributed by atoms with Crippen LogP contribution in [-0.2, 0) is 4.79 Å². The molecule has 1 aromatic rings. The third-order valence-corrected chi connectivity index (χ3v) is 4.94. The summed E-state index contributed by atoms with van der Waals surface area (Å²) in [4.78, 5) is 16.5. The van der Waals surface area contributed by atoms with Gasteiger partial charge in [0.25, 0.3) is 0 Å². The van der Waals surface area contributed by atoms with Gasteiger partial charge in [0.05, 0.1) is 6.54 Å². The van der Waals surface area contributed by atoms with Crippen molar-refractivity contribution in [1.29, 1.82) is 0 Å². The van der Waals surface area contributed by atoms with Crippen LogP contribution in [0.2, 0.25) is 0 Å². The van der Waals surface area contributed by atoms with Gasteiger partial charge in [0, 0.05) is 39.1 Å². The lowest BCUT2D eigenvalue weighted by molar-refractivity contribution is -0.131. The molecule has 116 valence electrons. The molecular weight excluding hydrogens is 262 g/mol. The van der Waals surface area contributed by atoms with Crippen molar-refractivity contribution in [2.45, 2.75) is 24.8 Å². The Labute approximate surface area is 128 Å². The molecule has 3 rings (SSSR count). The van der Waals surface area contributed by atoms with Crippen molar-refractivity contribution in [1.82, 2.24) is 15.1 Å². The zero-order chi connectivity index (χ0) is 14.9. The van der Waals surface area contributed by atoms with Gasteiger partial charge in [0.1, 0.15) is 0 Å². The molecule has 2 aliphatic rings. The van der Waals surface area contributed by atoms with Gasteiger partial charge in [-0.3, -0.25) is 4.79 Å². The van der Waals surface area contributed by atoms with Crippen LogP contribution in [0.1, 0.15) is 26.3 Å². The van der Waals surface area contributed by atoms with Gasteiger partial charge in [-0.25, -0.2) is 0 Å².